The molecule has 2 nitrogen and oxygen atoms in total. The normalized spacial score (nSPS) is 12.9. The van der Waals surface area contributed by atoms with E-state index in [-0.39, 0.29) is 5.04 Å². The molecule has 0 atom stereocenters. The summed E-state index contributed by atoms with van der Waals surface area (Å²) in [4.78, 5) is 13.1. The Bertz CT molecular complexity index is 126. The van der Waals surface area contributed by atoms with E-state index in [0.717, 1.165) is 6.41 Å². The zero-order valence-electron chi connectivity index (χ0n) is 7.49. The van der Waals surface area contributed by atoms with Crippen molar-refractivity contribution >= 4 is 14.6 Å². The molecule has 0 unspecified atom stereocenters. The largest absolute Gasteiger partial charge is 0.384 e. The van der Waals surface area contributed by atoms with E-state index in [0.29, 0.717) is 0 Å². The first kappa shape index (κ1) is 9.69. The van der Waals surface area contributed by atoms with Gasteiger partial charge >= 0.3 is 0 Å². The summed E-state index contributed by atoms with van der Waals surface area (Å²) in [5, 5.41) is 0.244. The molecule has 3 heteroatoms. The molecule has 0 aromatic heterocycles. The minimum atomic E-state index is -1.52. The Kier molecular flexibility index (Phi) is 2.65. The number of amides is 1. The van der Waals surface area contributed by atoms with E-state index in [1.165, 1.54) is 0 Å². The van der Waals surface area contributed by atoms with Gasteiger partial charge in [0.2, 0.25) is 0 Å². The van der Waals surface area contributed by atoms with Gasteiger partial charge in [-0.05, 0) is 5.04 Å². The maximum atomic E-state index is 10.2. The summed E-state index contributed by atoms with van der Waals surface area (Å²) in [6.07, 6.45) is 0.817. The Morgan fingerprint density at radius 1 is 1.30 bits per heavy atom. The van der Waals surface area contributed by atoms with Crippen LogP contribution in [-0.4, -0.2) is 14.6 Å². The van der Waals surface area contributed by atoms with Crippen LogP contribution in [0, 0.1) is 0 Å². The summed E-state index contributed by atoms with van der Waals surface area (Å²) in [7, 11) is -1.52. The Labute approximate surface area is 64.1 Å². The smallest absolute Gasteiger partial charge is 0.199 e. The number of carbonyl (C=O) groups excluding carboxylic acids is 1. The van der Waals surface area contributed by atoms with Gasteiger partial charge in [-0.15, -0.1) is 0 Å². The fourth-order valence-electron chi connectivity index (χ4n) is 0.364. The van der Waals surface area contributed by atoms with Gasteiger partial charge in [-0.3, -0.25) is 4.79 Å². The summed E-state index contributed by atoms with van der Waals surface area (Å²) >= 11 is 0. The highest BCUT2D eigenvalue weighted by Crippen LogP contribution is 2.33. The van der Waals surface area contributed by atoms with Gasteiger partial charge < -0.3 is 4.98 Å². The molecule has 10 heavy (non-hydrogen) atoms. The van der Waals surface area contributed by atoms with Crippen LogP contribution in [0.3, 0.4) is 0 Å². The summed E-state index contributed by atoms with van der Waals surface area (Å²) < 4.78 is 0. The van der Waals surface area contributed by atoms with Gasteiger partial charge in [-0.1, -0.05) is 33.9 Å². The lowest BCUT2D eigenvalue weighted by Gasteiger charge is -2.35. The molecule has 0 heterocycles. The van der Waals surface area contributed by atoms with Crippen molar-refractivity contribution in [2.24, 2.45) is 0 Å². The van der Waals surface area contributed by atoms with Gasteiger partial charge in [0.15, 0.2) is 14.6 Å². The molecule has 0 bridgehead atoms. The van der Waals surface area contributed by atoms with E-state index < -0.39 is 8.24 Å². The topological polar surface area (TPSA) is 29.1 Å². The summed E-state index contributed by atoms with van der Waals surface area (Å²) in [5.74, 6) is 0. The average Bonchev–Trinajstić information content (AvgIpc) is 1.61. The maximum Gasteiger partial charge on any atom is 0.199 e. The predicted molar refractivity (Wildman–Crippen MR) is 46.4 cm³/mol. The lowest BCUT2D eigenvalue weighted by molar-refractivity contribution is -0.108. The van der Waals surface area contributed by atoms with Crippen molar-refractivity contribution in [1.29, 1.82) is 0 Å². The van der Waals surface area contributed by atoms with Crippen molar-refractivity contribution in [2.75, 3.05) is 0 Å². The molecule has 0 aliphatic carbocycles. The van der Waals surface area contributed by atoms with E-state index in [1.54, 1.807) is 0 Å². The number of nitrogens with one attached hydrogen (secondary N) is 1. The molecule has 0 radical (unpaired) electrons. The number of carbonyl (C=O) groups is 1. The first-order valence-corrected chi connectivity index (χ1v) is 6.52. The Balaban J connectivity index is 4.23. The highest BCUT2D eigenvalue weighted by atomic mass is 28.3. The van der Waals surface area contributed by atoms with Crippen LogP contribution in [0.1, 0.15) is 20.8 Å². The molecule has 0 aliphatic heterocycles. The third-order valence-corrected chi connectivity index (χ3v) is 6.88. The van der Waals surface area contributed by atoms with Crippen molar-refractivity contribution in [3.8, 4) is 0 Å². The Morgan fingerprint density at radius 3 is 1.80 bits per heavy atom. The third kappa shape index (κ3) is 2.14. The molecule has 0 spiro atoms. The third-order valence-electron chi connectivity index (χ3n) is 2.29. The van der Waals surface area contributed by atoms with Crippen LogP contribution < -0.4 is 4.98 Å². The fourth-order valence-corrected chi connectivity index (χ4v) is 1.09. The molecule has 0 aromatic carbocycles. The molecule has 1 N–H and O–H groups in total. The molecule has 0 saturated carbocycles. The van der Waals surface area contributed by atoms with Gasteiger partial charge in [0.25, 0.3) is 0 Å². The van der Waals surface area contributed by atoms with Crippen molar-refractivity contribution in [3.63, 3.8) is 0 Å². The maximum absolute atomic E-state index is 10.2. The van der Waals surface area contributed by atoms with Crippen molar-refractivity contribution < 1.29 is 4.79 Å². The minimum absolute atomic E-state index is 0.244. The van der Waals surface area contributed by atoms with Gasteiger partial charge in [-0.25, -0.2) is 0 Å². The standard InChI is InChI=1S/C7H17NOSi/c1-7(2,3)10(4,5)8-6-9/h6H,1-5H3,(H,8,9). The average molecular weight is 159 g/mol. The first-order chi connectivity index (χ1) is 4.31. The van der Waals surface area contributed by atoms with E-state index >= 15 is 0 Å². The van der Waals surface area contributed by atoms with E-state index in [9.17, 15) is 4.79 Å². The van der Waals surface area contributed by atoms with Gasteiger partial charge in [-0.2, -0.15) is 0 Å². The van der Waals surface area contributed by atoms with E-state index in [1.807, 2.05) is 0 Å². The predicted octanol–water partition coefficient (Wildman–Crippen LogP) is 1.74. The lowest BCUT2D eigenvalue weighted by Crippen LogP contribution is -2.51. The molecule has 0 saturated heterocycles. The molecule has 0 fully saturated rings. The number of hydrogen-bond acceptors (Lipinski definition) is 1. The Hall–Kier alpha value is -0.313. The molecular weight excluding hydrogens is 142 g/mol. The summed E-state index contributed by atoms with van der Waals surface area (Å²) in [6, 6.07) is 0. The quantitative estimate of drug-likeness (QED) is 0.482. The SMILES string of the molecule is CC(C)(C)[Si](C)(C)NC=O. The first-order valence-electron chi connectivity index (χ1n) is 3.52. The van der Waals surface area contributed by atoms with Crippen LogP contribution in [0.25, 0.3) is 0 Å². The van der Waals surface area contributed by atoms with Crippen LogP contribution in [0.5, 0.6) is 0 Å². The van der Waals surface area contributed by atoms with Gasteiger partial charge in [0.1, 0.15) is 0 Å². The fraction of sp³-hybridized carbons (Fsp3) is 0.857. The zero-order chi connectivity index (χ0) is 8.41. The van der Waals surface area contributed by atoms with Gasteiger partial charge in [0, 0.05) is 0 Å². The van der Waals surface area contributed by atoms with Crippen molar-refractivity contribution in [2.45, 2.75) is 38.9 Å². The van der Waals surface area contributed by atoms with E-state index in [2.05, 4.69) is 38.8 Å². The van der Waals surface area contributed by atoms with Crippen LogP contribution >= 0.6 is 0 Å². The lowest BCUT2D eigenvalue weighted by atomic mass is 10.2. The van der Waals surface area contributed by atoms with Crippen LogP contribution in [0.15, 0.2) is 0 Å². The minimum Gasteiger partial charge on any atom is -0.384 e. The number of rotatable bonds is 2. The molecule has 60 valence electrons. The molecule has 0 aromatic rings. The van der Waals surface area contributed by atoms with E-state index in [4.69, 9.17) is 0 Å². The highest BCUT2D eigenvalue weighted by molar-refractivity contribution is 6.79. The zero-order valence-corrected chi connectivity index (χ0v) is 8.49. The molecule has 1 amide bonds. The number of hydrogen-bond donors (Lipinski definition) is 1. The molecule has 0 aliphatic rings. The monoisotopic (exact) mass is 159 g/mol. The summed E-state index contributed by atoms with van der Waals surface area (Å²) in [5.41, 5.74) is 0. The van der Waals surface area contributed by atoms with Crippen molar-refractivity contribution in [3.05, 3.63) is 0 Å². The second-order valence-corrected chi connectivity index (χ2v) is 9.18. The second-order valence-electron chi connectivity index (χ2n) is 4.14. The van der Waals surface area contributed by atoms with Crippen LogP contribution in [0.2, 0.25) is 18.1 Å². The summed E-state index contributed by atoms with van der Waals surface area (Å²) in [6.45, 7) is 10.8. The van der Waals surface area contributed by atoms with Gasteiger partial charge in [0.05, 0.1) is 0 Å². The van der Waals surface area contributed by atoms with Crippen molar-refractivity contribution in [1.82, 2.24) is 4.98 Å². The Morgan fingerprint density at radius 2 is 1.70 bits per heavy atom. The second kappa shape index (κ2) is 2.74. The van der Waals surface area contributed by atoms with Crippen LogP contribution in [0.4, 0.5) is 0 Å². The van der Waals surface area contributed by atoms with Crippen LogP contribution in [-0.2, 0) is 4.79 Å². The highest BCUT2D eigenvalue weighted by Gasteiger charge is 2.34. The molecular formula is C7H17NOSi. The molecule has 0 rings (SSSR count).